The Balaban J connectivity index is 1.78. The maximum atomic E-state index is 5.06. The second-order valence-corrected chi connectivity index (χ2v) is 6.93. The van der Waals surface area contributed by atoms with E-state index in [4.69, 9.17) is 4.98 Å². The van der Waals surface area contributed by atoms with Crippen molar-refractivity contribution >= 4 is 43.4 Å². The summed E-state index contributed by atoms with van der Waals surface area (Å²) in [6.45, 7) is 0. The van der Waals surface area contributed by atoms with Gasteiger partial charge in [-0.1, -0.05) is 91.0 Å². The van der Waals surface area contributed by atoms with E-state index in [0.29, 0.717) is 0 Å². The Morgan fingerprint density at radius 2 is 1.11 bits per heavy atom. The van der Waals surface area contributed by atoms with E-state index in [2.05, 4.69) is 96.0 Å². The highest BCUT2D eigenvalue weighted by atomic mass is 14.9. The van der Waals surface area contributed by atoms with Gasteiger partial charge in [0, 0.05) is 16.3 Å². The molecule has 0 spiro atoms. The average Bonchev–Trinajstić information content (AvgIpc) is 3.19. The molecule has 1 N–H and O–H groups in total. The van der Waals surface area contributed by atoms with E-state index in [-0.39, 0.29) is 0 Å². The lowest BCUT2D eigenvalue weighted by Gasteiger charge is -2.05. The Kier molecular flexibility index (Phi) is 2.91. The Hall–Kier alpha value is -3.65. The maximum absolute atomic E-state index is 5.06. The van der Waals surface area contributed by atoms with Gasteiger partial charge in [-0.15, -0.1) is 0 Å². The Morgan fingerprint density at radius 3 is 1.93 bits per heavy atom. The summed E-state index contributed by atoms with van der Waals surface area (Å²) in [6, 6.07) is 31.9. The Morgan fingerprint density at radius 1 is 0.519 bits per heavy atom. The summed E-state index contributed by atoms with van der Waals surface area (Å²) in [6.07, 6.45) is 0. The molecule has 0 atom stereocenters. The number of hydrogen-bond acceptors (Lipinski definition) is 1. The predicted molar refractivity (Wildman–Crippen MR) is 114 cm³/mol. The van der Waals surface area contributed by atoms with Crippen molar-refractivity contribution in [2.75, 3.05) is 0 Å². The van der Waals surface area contributed by atoms with Gasteiger partial charge >= 0.3 is 0 Å². The van der Waals surface area contributed by atoms with Crippen LogP contribution in [0, 0.1) is 0 Å². The molecular formula is C25H16N2. The number of aromatic amines is 1. The second-order valence-electron chi connectivity index (χ2n) is 6.93. The second kappa shape index (κ2) is 5.42. The zero-order chi connectivity index (χ0) is 17.8. The average molecular weight is 344 g/mol. The fraction of sp³-hybridized carbons (Fsp3) is 0. The zero-order valence-electron chi connectivity index (χ0n) is 14.6. The number of imidazole rings is 1. The van der Waals surface area contributed by atoms with E-state index in [1.54, 1.807) is 0 Å². The number of hydrogen-bond donors (Lipinski definition) is 1. The molecule has 5 aromatic carbocycles. The van der Waals surface area contributed by atoms with Crippen LogP contribution in [-0.4, -0.2) is 9.97 Å². The molecule has 0 unspecified atom stereocenters. The van der Waals surface area contributed by atoms with E-state index in [9.17, 15) is 0 Å². The quantitative estimate of drug-likeness (QED) is 0.331. The molecule has 2 heteroatoms. The topological polar surface area (TPSA) is 28.7 Å². The predicted octanol–water partition coefficient (Wildman–Crippen LogP) is 6.69. The van der Waals surface area contributed by atoms with Crippen LogP contribution in [0.4, 0.5) is 0 Å². The molecule has 0 saturated heterocycles. The van der Waals surface area contributed by atoms with Crippen molar-refractivity contribution in [2.24, 2.45) is 0 Å². The van der Waals surface area contributed by atoms with Crippen molar-refractivity contribution in [1.29, 1.82) is 0 Å². The van der Waals surface area contributed by atoms with Crippen molar-refractivity contribution in [3.63, 3.8) is 0 Å². The zero-order valence-corrected chi connectivity index (χ0v) is 14.6. The van der Waals surface area contributed by atoms with Gasteiger partial charge in [-0.05, 0) is 21.5 Å². The summed E-state index contributed by atoms with van der Waals surface area (Å²) in [7, 11) is 0. The first kappa shape index (κ1) is 14.5. The van der Waals surface area contributed by atoms with Crippen LogP contribution in [-0.2, 0) is 0 Å². The van der Waals surface area contributed by atoms with Gasteiger partial charge in [-0.3, -0.25) is 0 Å². The highest BCUT2D eigenvalue weighted by Crippen LogP contribution is 2.36. The van der Waals surface area contributed by atoms with Crippen molar-refractivity contribution in [2.45, 2.75) is 0 Å². The SMILES string of the molecule is c1ccc2c(-c3nc4c5ccccc5c5ccccc5c4[nH]3)cccc2c1. The van der Waals surface area contributed by atoms with Gasteiger partial charge in [0.25, 0.3) is 0 Å². The van der Waals surface area contributed by atoms with Crippen LogP contribution in [0.3, 0.4) is 0 Å². The monoisotopic (exact) mass is 344 g/mol. The first-order chi connectivity index (χ1) is 13.4. The number of rotatable bonds is 1. The normalized spacial score (nSPS) is 11.7. The molecule has 0 radical (unpaired) electrons. The van der Waals surface area contributed by atoms with E-state index < -0.39 is 0 Å². The Bertz CT molecular complexity index is 1400. The molecule has 27 heavy (non-hydrogen) atoms. The van der Waals surface area contributed by atoms with E-state index in [1.165, 1.54) is 32.3 Å². The third-order valence-electron chi connectivity index (χ3n) is 5.42. The molecule has 0 aliphatic rings. The number of benzene rings is 5. The van der Waals surface area contributed by atoms with Gasteiger partial charge in [0.1, 0.15) is 5.82 Å². The lowest BCUT2D eigenvalue weighted by Crippen LogP contribution is -1.83. The van der Waals surface area contributed by atoms with Crippen LogP contribution in [0.2, 0.25) is 0 Å². The van der Waals surface area contributed by atoms with Gasteiger partial charge in [-0.2, -0.15) is 0 Å². The minimum absolute atomic E-state index is 0.920. The molecule has 0 fully saturated rings. The van der Waals surface area contributed by atoms with Crippen LogP contribution in [0.25, 0.3) is 54.7 Å². The van der Waals surface area contributed by atoms with E-state index in [1.807, 2.05) is 0 Å². The Labute approximate surface area is 156 Å². The van der Waals surface area contributed by atoms with Crippen LogP contribution >= 0.6 is 0 Å². The lowest BCUT2D eigenvalue weighted by atomic mass is 10.0. The van der Waals surface area contributed by atoms with E-state index in [0.717, 1.165) is 22.4 Å². The minimum Gasteiger partial charge on any atom is -0.337 e. The van der Waals surface area contributed by atoms with Crippen LogP contribution in [0.1, 0.15) is 0 Å². The van der Waals surface area contributed by atoms with Crippen molar-refractivity contribution in [1.82, 2.24) is 9.97 Å². The summed E-state index contributed by atoms with van der Waals surface area (Å²) in [5, 5.41) is 7.35. The largest absolute Gasteiger partial charge is 0.337 e. The number of nitrogens with zero attached hydrogens (tertiary/aromatic N) is 1. The van der Waals surface area contributed by atoms with Crippen molar-refractivity contribution < 1.29 is 0 Å². The minimum atomic E-state index is 0.920. The van der Waals surface area contributed by atoms with Gasteiger partial charge < -0.3 is 4.98 Å². The van der Waals surface area contributed by atoms with Crippen molar-refractivity contribution in [3.05, 3.63) is 91.0 Å². The molecule has 0 saturated carbocycles. The molecule has 0 aliphatic heterocycles. The highest BCUT2D eigenvalue weighted by Gasteiger charge is 2.14. The van der Waals surface area contributed by atoms with E-state index >= 15 is 0 Å². The smallest absolute Gasteiger partial charge is 0.139 e. The summed E-state index contributed by atoms with van der Waals surface area (Å²) in [5.74, 6) is 0.920. The van der Waals surface area contributed by atoms with Gasteiger partial charge in [-0.25, -0.2) is 4.98 Å². The number of H-pyrrole nitrogens is 1. The molecule has 6 rings (SSSR count). The third kappa shape index (κ3) is 2.04. The van der Waals surface area contributed by atoms with Crippen LogP contribution < -0.4 is 0 Å². The lowest BCUT2D eigenvalue weighted by molar-refractivity contribution is 1.35. The first-order valence-corrected chi connectivity index (χ1v) is 9.17. The fourth-order valence-corrected chi connectivity index (χ4v) is 4.18. The summed E-state index contributed by atoms with van der Waals surface area (Å²) in [4.78, 5) is 8.68. The molecule has 6 aromatic rings. The molecule has 0 bridgehead atoms. The van der Waals surface area contributed by atoms with Gasteiger partial charge in [0.2, 0.25) is 0 Å². The van der Waals surface area contributed by atoms with Crippen LogP contribution in [0.15, 0.2) is 91.0 Å². The molecule has 2 nitrogen and oxygen atoms in total. The fourth-order valence-electron chi connectivity index (χ4n) is 4.18. The van der Waals surface area contributed by atoms with Gasteiger partial charge in [0.05, 0.1) is 11.0 Å². The number of fused-ring (bicyclic) bond motifs is 7. The molecule has 1 heterocycles. The summed E-state index contributed by atoms with van der Waals surface area (Å²) >= 11 is 0. The summed E-state index contributed by atoms with van der Waals surface area (Å²) < 4.78 is 0. The first-order valence-electron chi connectivity index (χ1n) is 9.17. The van der Waals surface area contributed by atoms with Crippen LogP contribution in [0.5, 0.6) is 0 Å². The maximum Gasteiger partial charge on any atom is 0.139 e. The molecular weight excluding hydrogens is 328 g/mol. The molecule has 0 amide bonds. The summed E-state index contributed by atoms with van der Waals surface area (Å²) in [5.41, 5.74) is 3.27. The highest BCUT2D eigenvalue weighted by molar-refractivity contribution is 6.23. The number of aromatic nitrogens is 2. The molecule has 0 aliphatic carbocycles. The standard InChI is InChI=1S/C25H16N2/c1-2-10-17-16(8-1)9-7-15-22(17)25-26-23-20-13-5-3-11-18(20)19-12-4-6-14-21(19)24(23)27-25/h1-15H,(H,26,27). The molecule has 126 valence electrons. The third-order valence-corrected chi connectivity index (χ3v) is 5.42. The van der Waals surface area contributed by atoms with Crippen molar-refractivity contribution in [3.8, 4) is 11.4 Å². The number of nitrogens with one attached hydrogen (secondary N) is 1. The van der Waals surface area contributed by atoms with Gasteiger partial charge in [0.15, 0.2) is 0 Å². The molecule has 1 aromatic heterocycles.